The zero-order chi connectivity index (χ0) is 13.3. The van der Waals surface area contributed by atoms with E-state index in [1.807, 2.05) is 6.08 Å². The van der Waals surface area contributed by atoms with Crippen LogP contribution in [0.4, 0.5) is 0 Å². The van der Waals surface area contributed by atoms with Crippen LogP contribution in [0.15, 0.2) is 25.3 Å². The van der Waals surface area contributed by atoms with Gasteiger partial charge in [0, 0.05) is 12.8 Å². The summed E-state index contributed by atoms with van der Waals surface area (Å²) in [4.78, 5) is 11.6. The Morgan fingerprint density at radius 3 is 2.29 bits per heavy atom. The lowest BCUT2D eigenvalue weighted by molar-refractivity contribution is -0.121. The van der Waals surface area contributed by atoms with Crippen LogP contribution in [0.5, 0.6) is 0 Å². The molecule has 2 nitrogen and oxygen atoms in total. The average molecular weight is 238 g/mol. The number of hydrogen-bond acceptors (Lipinski definition) is 2. The maximum atomic E-state index is 11.6. The predicted molar refractivity (Wildman–Crippen MR) is 72.8 cm³/mol. The van der Waals surface area contributed by atoms with Crippen LogP contribution in [-0.2, 0) is 4.79 Å². The summed E-state index contributed by atoms with van der Waals surface area (Å²) in [5.74, 6) is 0.694. The standard InChI is InChI=1S/C15H26O2/c1-5-7-9-13(16)11-15(17)14(12(3)4)10-8-6-2/h5-6,12,14-15,17H,1-2,7-11H2,3-4H3/t14-,15+/m1/s1. The van der Waals surface area contributed by atoms with E-state index in [2.05, 4.69) is 27.0 Å². The van der Waals surface area contributed by atoms with Gasteiger partial charge in [-0.15, -0.1) is 13.2 Å². The van der Waals surface area contributed by atoms with E-state index in [4.69, 9.17) is 0 Å². The van der Waals surface area contributed by atoms with Crippen LogP contribution in [0.1, 0.15) is 46.0 Å². The number of allylic oxidation sites excluding steroid dienone is 2. The predicted octanol–water partition coefficient (Wildman–Crippen LogP) is 3.51. The number of hydrogen-bond donors (Lipinski definition) is 1. The number of rotatable bonds is 10. The van der Waals surface area contributed by atoms with Gasteiger partial charge in [-0.3, -0.25) is 4.79 Å². The Bertz CT molecular complexity index is 243. The molecule has 0 aliphatic heterocycles. The molecule has 0 aromatic heterocycles. The Balaban J connectivity index is 4.20. The van der Waals surface area contributed by atoms with Gasteiger partial charge < -0.3 is 5.11 Å². The Morgan fingerprint density at radius 1 is 1.24 bits per heavy atom. The molecule has 0 aromatic rings. The molecular weight excluding hydrogens is 212 g/mol. The summed E-state index contributed by atoms with van der Waals surface area (Å²) < 4.78 is 0. The van der Waals surface area contributed by atoms with E-state index in [1.54, 1.807) is 6.08 Å². The van der Waals surface area contributed by atoms with Crippen molar-refractivity contribution in [2.45, 2.75) is 52.1 Å². The maximum Gasteiger partial charge on any atom is 0.135 e. The second-order valence-electron chi connectivity index (χ2n) is 4.91. The summed E-state index contributed by atoms with van der Waals surface area (Å²) in [6.45, 7) is 11.5. The van der Waals surface area contributed by atoms with E-state index in [1.165, 1.54) is 0 Å². The minimum absolute atomic E-state index is 0.127. The van der Waals surface area contributed by atoms with Crippen molar-refractivity contribution in [3.05, 3.63) is 25.3 Å². The fourth-order valence-corrected chi connectivity index (χ4v) is 2.03. The van der Waals surface area contributed by atoms with E-state index in [9.17, 15) is 9.90 Å². The van der Waals surface area contributed by atoms with Gasteiger partial charge in [0.1, 0.15) is 5.78 Å². The lowest BCUT2D eigenvalue weighted by Crippen LogP contribution is -2.27. The molecule has 0 aromatic carbocycles. The lowest BCUT2D eigenvalue weighted by atomic mass is 9.84. The number of Topliss-reactive ketones (excluding diaryl/α,β-unsaturated/α-hetero) is 1. The first-order valence-corrected chi connectivity index (χ1v) is 6.44. The van der Waals surface area contributed by atoms with Crippen molar-refractivity contribution in [3.8, 4) is 0 Å². The minimum atomic E-state index is -0.521. The summed E-state index contributed by atoms with van der Waals surface area (Å²) in [5, 5.41) is 10.1. The highest BCUT2D eigenvalue weighted by Crippen LogP contribution is 2.24. The van der Waals surface area contributed by atoms with Crippen molar-refractivity contribution < 1.29 is 9.90 Å². The molecule has 0 bridgehead atoms. The highest BCUT2D eigenvalue weighted by Gasteiger charge is 2.23. The molecule has 0 aliphatic rings. The molecule has 98 valence electrons. The highest BCUT2D eigenvalue weighted by atomic mass is 16.3. The van der Waals surface area contributed by atoms with Gasteiger partial charge in [-0.05, 0) is 31.1 Å². The van der Waals surface area contributed by atoms with E-state index >= 15 is 0 Å². The monoisotopic (exact) mass is 238 g/mol. The number of carbonyl (C=O) groups excluding carboxylic acids is 1. The zero-order valence-corrected chi connectivity index (χ0v) is 11.2. The number of ketones is 1. The lowest BCUT2D eigenvalue weighted by Gasteiger charge is -2.25. The maximum absolute atomic E-state index is 11.6. The summed E-state index contributed by atoms with van der Waals surface area (Å²) in [5.41, 5.74) is 0. The first kappa shape index (κ1) is 16.1. The van der Waals surface area contributed by atoms with E-state index in [0.29, 0.717) is 18.8 Å². The molecule has 0 saturated heterocycles. The quantitative estimate of drug-likeness (QED) is 0.591. The SMILES string of the molecule is C=CCCC(=O)C[C@H](O)[C@H](CCC=C)C(C)C. The molecule has 0 radical (unpaired) electrons. The van der Waals surface area contributed by atoms with Gasteiger partial charge in [0.25, 0.3) is 0 Å². The van der Waals surface area contributed by atoms with Crippen LogP contribution in [0.2, 0.25) is 0 Å². The largest absolute Gasteiger partial charge is 0.392 e. The van der Waals surface area contributed by atoms with Gasteiger partial charge in [-0.1, -0.05) is 26.0 Å². The Labute approximate surface area is 105 Å². The first-order valence-electron chi connectivity index (χ1n) is 6.44. The third-order valence-corrected chi connectivity index (χ3v) is 3.12. The van der Waals surface area contributed by atoms with Crippen molar-refractivity contribution in [1.29, 1.82) is 0 Å². The van der Waals surface area contributed by atoms with Gasteiger partial charge >= 0.3 is 0 Å². The second kappa shape index (κ2) is 9.17. The highest BCUT2D eigenvalue weighted by molar-refractivity contribution is 5.79. The molecule has 1 N–H and O–H groups in total. The molecule has 17 heavy (non-hydrogen) atoms. The van der Waals surface area contributed by atoms with Crippen molar-refractivity contribution in [2.24, 2.45) is 11.8 Å². The zero-order valence-electron chi connectivity index (χ0n) is 11.2. The van der Waals surface area contributed by atoms with Crippen molar-refractivity contribution in [1.82, 2.24) is 0 Å². The molecule has 0 heterocycles. The van der Waals surface area contributed by atoms with Crippen LogP contribution in [-0.4, -0.2) is 17.0 Å². The van der Waals surface area contributed by atoms with E-state index < -0.39 is 6.10 Å². The van der Waals surface area contributed by atoms with Crippen LogP contribution in [0.3, 0.4) is 0 Å². The van der Waals surface area contributed by atoms with Crippen molar-refractivity contribution in [3.63, 3.8) is 0 Å². The van der Waals surface area contributed by atoms with Crippen molar-refractivity contribution in [2.75, 3.05) is 0 Å². The minimum Gasteiger partial charge on any atom is -0.392 e. The van der Waals surface area contributed by atoms with E-state index in [-0.39, 0.29) is 18.1 Å². The Morgan fingerprint density at radius 2 is 1.82 bits per heavy atom. The van der Waals surface area contributed by atoms with Gasteiger partial charge in [0.2, 0.25) is 0 Å². The fraction of sp³-hybridized carbons (Fsp3) is 0.667. The first-order chi connectivity index (χ1) is 8.02. The summed E-state index contributed by atoms with van der Waals surface area (Å²) in [6, 6.07) is 0. The normalized spacial score (nSPS) is 14.4. The number of aliphatic hydroxyl groups is 1. The molecule has 0 amide bonds. The number of aliphatic hydroxyl groups excluding tert-OH is 1. The molecule has 0 spiro atoms. The Hall–Kier alpha value is -0.890. The van der Waals surface area contributed by atoms with Crippen LogP contribution in [0, 0.1) is 11.8 Å². The van der Waals surface area contributed by atoms with E-state index in [0.717, 1.165) is 12.8 Å². The molecule has 0 saturated carbocycles. The molecule has 0 rings (SSSR count). The van der Waals surface area contributed by atoms with Gasteiger partial charge in [0.15, 0.2) is 0 Å². The molecule has 2 heteroatoms. The molecule has 2 atom stereocenters. The topological polar surface area (TPSA) is 37.3 Å². The summed E-state index contributed by atoms with van der Waals surface area (Å²) in [6.07, 6.45) is 6.33. The van der Waals surface area contributed by atoms with Crippen LogP contribution in [0.25, 0.3) is 0 Å². The van der Waals surface area contributed by atoms with Gasteiger partial charge in [-0.2, -0.15) is 0 Å². The van der Waals surface area contributed by atoms with Crippen LogP contribution < -0.4 is 0 Å². The second-order valence-corrected chi connectivity index (χ2v) is 4.91. The molecule has 0 aliphatic carbocycles. The molecule has 0 fully saturated rings. The van der Waals surface area contributed by atoms with Crippen LogP contribution >= 0.6 is 0 Å². The third kappa shape index (κ3) is 7.11. The van der Waals surface area contributed by atoms with Gasteiger partial charge in [0.05, 0.1) is 6.10 Å². The third-order valence-electron chi connectivity index (χ3n) is 3.12. The molecular formula is C15H26O2. The smallest absolute Gasteiger partial charge is 0.135 e. The Kier molecular flexibility index (Phi) is 8.69. The summed E-state index contributed by atoms with van der Waals surface area (Å²) >= 11 is 0. The number of carbonyl (C=O) groups is 1. The molecule has 0 unspecified atom stereocenters. The van der Waals surface area contributed by atoms with Crippen molar-refractivity contribution >= 4 is 5.78 Å². The average Bonchev–Trinajstić information content (AvgIpc) is 2.26. The van der Waals surface area contributed by atoms with Gasteiger partial charge in [-0.25, -0.2) is 0 Å². The summed E-state index contributed by atoms with van der Waals surface area (Å²) in [7, 11) is 0. The fourth-order valence-electron chi connectivity index (χ4n) is 2.03.